The molecule has 1 aromatic heterocycles. The van der Waals surface area contributed by atoms with Crippen molar-refractivity contribution in [1.82, 2.24) is 15.5 Å². The summed E-state index contributed by atoms with van der Waals surface area (Å²) in [5.41, 5.74) is 1.74. The molecular formula is C19H20N4O3. The first-order chi connectivity index (χ1) is 12.5. The lowest BCUT2D eigenvalue weighted by Gasteiger charge is -2.22. The van der Waals surface area contributed by atoms with Crippen LogP contribution in [0.3, 0.4) is 0 Å². The van der Waals surface area contributed by atoms with E-state index in [0.717, 1.165) is 0 Å². The van der Waals surface area contributed by atoms with E-state index in [1.54, 1.807) is 12.1 Å². The van der Waals surface area contributed by atoms with Gasteiger partial charge in [0.1, 0.15) is 0 Å². The van der Waals surface area contributed by atoms with Crippen LogP contribution in [-0.2, 0) is 6.54 Å². The van der Waals surface area contributed by atoms with Gasteiger partial charge in [-0.15, -0.1) is 0 Å². The van der Waals surface area contributed by atoms with E-state index in [4.69, 9.17) is 4.52 Å². The molecule has 0 amide bonds. The summed E-state index contributed by atoms with van der Waals surface area (Å²) in [5, 5.41) is 18.3. The lowest BCUT2D eigenvalue weighted by Crippen LogP contribution is -2.25. The molecule has 0 fully saturated rings. The van der Waals surface area contributed by atoms with E-state index < -0.39 is 4.92 Å². The Morgan fingerprint density at radius 2 is 1.92 bits per heavy atom. The van der Waals surface area contributed by atoms with Crippen molar-refractivity contribution in [3.63, 3.8) is 0 Å². The fraction of sp³-hybridized carbons (Fsp3) is 0.263. The van der Waals surface area contributed by atoms with Gasteiger partial charge >= 0.3 is 0 Å². The summed E-state index contributed by atoms with van der Waals surface area (Å²) in [4.78, 5) is 14.8. The Labute approximate surface area is 151 Å². The maximum absolute atomic E-state index is 10.9. The van der Waals surface area contributed by atoms with Gasteiger partial charge in [0.25, 0.3) is 5.69 Å². The summed E-state index contributed by atoms with van der Waals surface area (Å²) in [5.74, 6) is 1.16. The highest BCUT2D eigenvalue weighted by Crippen LogP contribution is 2.23. The maximum Gasteiger partial charge on any atom is 0.270 e. The standard InChI is InChI=1S/C19H20N4O3/c1-13(2)18(14-7-4-3-5-8-14)20-12-17-21-19(22-26-17)15-9-6-10-16(11-15)23(24)25/h3-11,13,18,20H,12H2,1-2H3/t18-/m0/s1. The van der Waals surface area contributed by atoms with Crippen LogP contribution in [0.2, 0.25) is 0 Å². The van der Waals surface area contributed by atoms with Gasteiger partial charge in [0.05, 0.1) is 11.5 Å². The second kappa shape index (κ2) is 7.88. The van der Waals surface area contributed by atoms with Crippen LogP contribution < -0.4 is 5.32 Å². The number of rotatable bonds is 7. The van der Waals surface area contributed by atoms with Crippen LogP contribution in [0.25, 0.3) is 11.4 Å². The fourth-order valence-electron chi connectivity index (χ4n) is 2.80. The molecule has 134 valence electrons. The first-order valence-electron chi connectivity index (χ1n) is 8.40. The van der Waals surface area contributed by atoms with Gasteiger partial charge in [-0.2, -0.15) is 4.98 Å². The highest BCUT2D eigenvalue weighted by Gasteiger charge is 2.17. The molecule has 0 spiro atoms. The Bertz CT molecular complexity index is 877. The highest BCUT2D eigenvalue weighted by atomic mass is 16.6. The van der Waals surface area contributed by atoms with Crippen molar-refractivity contribution >= 4 is 5.69 Å². The Morgan fingerprint density at radius 3 is 2.62 bits per heavy atom. The number of nitrogens with one attached hydrogen (secondary N) is 1. The zero-order valence-corrected chi connectivity index (χ0v) is 14.6. The summed E-state index contributed by atoms with van der Waals surface area (Å²) in [6, 6.07) is 16.5. The minimum atomic E-state index is -0.445. The average molecular weight is 352 g/mol. The van der Waals surface area contributed by atoms with Gasteiger partial charge in [0, 0.05) is 23.7 Å². The monoisotopic (exact) mass is 352 g/mol. The molecule has 3 aromatic rings. The zero-order chi connectivity index (χ0) is 18.5. The first kappa shape index (κ1) is 17.8. The molecule has 0 aliphatic carbocycles. The lowest BCUT2D eigenvalue weighted by molar-refractivity contribution is -0.384. The van der Waals surface area contributed by atoms with Gasteiger partial charge in [-0.3, -0.25) is 10.1 Å². The molecule has 0 saturated heterocycles. The number of nitro groups is 1. The molecule has 0 aliphatic heterocycles. The smallest absolute Gasteiger partial charge is 0.270 e. The molecule has 0 bridgehead atoms. The number of nitro benzene ring substituents is 1. The van der Waals surface area contributed by atoms with Crippen molar-refractivity contribution in [3.8, 4) is 11.4 Å². The van der Waals surface area contributed by atoms with Crippen LogP contribution in [-0.4, -0.2) is 15.1 Å². The van der Waals surface area contributed by atoms with Crippen LogP contribution in [0.15, 0.2) is 59.1 Å². The molecule has 26 heavy (non-hydrogen) atoms. The molecule has 7 heteroatoms. The van der Waals surface area contributed by atoms with E-state index in [2.05, 4.69) is 41.4 Å². The van der Waals surface area contributed by atoms with Crippen molar-refractivity contribution in [1.29, 1.82) is 0 Å². The third-order valence-corrected chi connectivity index (χ3v) is 4.08. The Balaban J connectivity index is 1.72. The van der Waals surface area contributed by atoms with E-state index in [0.29, 0.717) is 29.7 Å². The van der Waals surface area contributed by atoms with E-state index in [1.807, 2.05) is 18.2 Å². The minimum absolute atomic E-state index is 0.00377. The Kier molecular flexibility index (Phi) is 5.38. The number of hydrogen-bond acceptors (Lipinski definition) is 6. The van der Waals surface area contributed by atoms with Crippen LogP contribution in [0.4, 0.5) is 5.69 Å². The van der Waals surface area contributed by atoms with Crippen molar-refractivity contribution in [2.45, 2.75) is 26.4 Å². The third kappa shape index (κ3) is 4.12. The van der Waals surface area contributed by atoms with Gasteiger partial charge in [-0.1, -0.05) is 61.5 Å². The number of benzene rings is 2. The quantitative estimate of drug-likeness (QED) is 0.507. The summed E-state index contributed by atoms with van der Waals surface area (Å²) in [6.45, 7) is 4.71. The molecule has 2 aromatic carbocycles. The maximum atomic E-state index is 10.9. The van der Waals surface area contributed by atoms with Gasteiger partial charge in [0.15, 0.2) is 0 Å². The molecule has 1 heterocycles. The van der Waals surface area contributed by atoms with Crippen molar-refractivity contribution in [2.24, 2.45) is 5.92 Å². The molecule has 0 aliphatic rings. The van der Waals surface area contributed by atoms with Gasteiger partial charge in [-0.25, -0.2) is 0 Å². The van der Waals surface area contributed by atoms with Crippen LogP contribution >= 0.6 is 0 Å². The molecular weight excluding hydrogens is 332 g/mol. The average Bonchev–Trinajstić information content (AvgIpc) is 3.11. The summed E-state index contributed by atoms with van der Waals surface area (Å²) >= 11 is 0. The highest BCUT2D eigenvalue weighted by molar-refractivity contribution is 5.58. The molecule has 1 atom stereocenters. The third-order valence-electron chi connectivity index (χ3n) is 4.08. The van der Waals surface area contributed by atoms with Crippen LogP contribution in [0.1, 0.15) is 31.3 Å². The van der Waals surface area contributed by atoms with E-state index in [1.165, 1.54) is 17.7 Å². The number of aromatic nitrogens is 2. The SMILES string of the molecule is CC(C)[C@H](NCc1nc(-c2cccc([N+](=O)[O-])c2)no1)c1ccccc1. The largest absolute Gasteiger partial charge is 0.338 e. The van der Waals surface area contributed by atoms with E-state index in [9.17, 15) is 10.1 Å². The first-order valence-corrected chi connectivity index (χ1v) is 8.40. The number of non-ortho nitro benzene ring substituents is 1. The predicted octanol–water partition coefficient (Wildman–Crippen LogP) is 4.13. The van der Waals surface area contributed by atoms with Gasteiger partial charge in [-0.05, 0) is 11.5 Å². The Morgan fingerprint density at radius 1 is 1.15 bits per heavy atom. The normalized spacial score (nSPS) is 12.3. The summed E-state index contributed by atoms with van der Waals surface area (Å²) in [7, 11) is 0. The van der Waals surface area contributed by atoms with Crippen molar-refractivity contribution in [2.75, 3.05) is 0 Å². The second-order valence-corrected chi connectivity index (χ2v) is 6.33. The topological polar surface area (TPSA) is 94.1 Å². The van der Waals surface area contributed by atoms with Crippen LogP contribution in [0, 0.1) is 16.0 Å². The van der Waals surface area contributed by atoms with Gasteiger partial charge in [0.2, 0.25) is 11.7 Å². The minimum Gasteiger partial charge on any atom is -0.338 e. The molecule has 0 unspecified atom stereocenters. The summed E-state index contributed by atoms with van der Waals surface area (Å²) < 4.78 is 5.29. The molecule has 0 radical (unpaired) electrons. The van der Waals surface area contributed by atoms with E-state index >= 15 is 0 Å². The predicted molar refractivity (Wildman–Crippen MR) is 97.2 cm³/mol. The number of nitrogens with zero attached hydrogens (tertiary/aromatic N) is 3. The lowest BCUT2D eigenvalue weighted by atomic mass is 9.96. The van der Waals surface area contributed by atoms with Crippen molar-refractivity contribution < 1.29 is 9.45 Å². The zero-order valence-electron chi connectivity index (χ0n) is 14.6. The van der Waals surface area contributed by atoms with Gasteiger partial charge < -0.3 is 9.84 Å². The summed E-state index contributed by atoms with van der Waals surface area (Å²) in [6.07, 6.45) is 0. The molecule has 3 rings (SSSR count). The molecule has 0 saturated carbocycles. The van der Waals surface area contributed by atoms with Crippen molar-refractivity contribution in [3.05, 3.63) is 76.2 Å². The fourth-order valence-corrected chi connectivity index (χ4v) is 2.80. The Hall–Kier alpha value is -3.06. The molecule has 7 nitrogen and oxygen atoms in total. The molecule has 1 N–H and O–H groups in total. The second-order valence-electron chi connectivity index (χ2n) is 6.33. The van der Waals surface area contributed by atoms with E-state index in [-0.39, 0.29) is 11.7 Å². The number of hydrogen-bond donors (Lipinski definition) is 1. The van der Waals surface area contributed by atoms with Crippen LogP contribution in [0.5, 0.6) is 0 Å².